The number of carbonyl (C=O) groups is 2. The molecule has 3 rings (SSSR count). The molecule has 3 aromatic rings. The highest BCUT2D eigenvalue weighted by Gasteiger charge is 2.19. The van der Waals surface area contributed by atoms with E-state index in [0.29, 0.717) is 32.9 Å². The molecule has 28 heavy (non-hydrogen) atoms. The Balaban J connectivity index is 1.54. The van der Waals surface area contributed by atoms with Crippen molar-refractivity contribution in [3.05, 3.63) is 51.7 Å². The summed E-state index contributed by atoms with van der Waals surface area (Å²) >= 11 is 3.17. The summed E-state index contributed by atoms with van der Waals surface area (Å²) in [6, 6.07) is 7.88. The number of anilines is 1. The quantitative estimate of drug-likeness (QED) is 0.399. The van der Waals surface area contributed by atoms with Gasteiger partial charge in [-0.15, -0.1) is 11.3 Å². The lowest BCUT2D eigenvalue weighted by molar-refractivity contribution is -0.119. The number of nitrogens with one attached hydrogen (secondary N) is 1. The molecule has 0 aliphatic rings. The summed E-state index contributed by atoms with van der Waals surface area (Å²) in [5.74, 6) is -3.64. The summed E-state index contributed by atoms with van der Waals surface area (Å²) in [4.78, 5) is 29.3. The number of hydrogen-bond donors (Lipinski definition) is 1. The smallest absolute Gasteiger partial charge is 0.350 e. The van der Waals surface area contributed by atoms with Crippen molar-refractivity contribution < 1.29 is 23.1 Å². The second kappa shape index (κ2) is 9.26. The summed E-state index contributed by atoms with van der Waals surface area (Å²) in [6.07, 6.45) is 0. The van der Waals surface area contributed by atoms with Crippen molar-refractivity contribution in [1.29, 1.82) is 0 Å². The topological polar surface area (TPSA) is 68.3 Å². The van der Waals surface area contributed by atoms with Crippen molar-refractivity contribution in [2.75, 3.05) is 11.9 Å². The number of thiophene rings is 1. The number of aromatic nitrogens is 1. The van der Waals surface area contributed by atoms with Crippen LogP contribution in [0.5, 0.6) is 0 Å². The number of hydrogen-bond acceptors (Lipinski definition) is 7. The van der Waals surface area contributed by atoms with Gasteiger partial charge in [0.2, 0.25) is 0 Å². The molecule has 1 N–H and O–H groups in total. The number of thioether (sulfide) groups is 1. The molecule has 0 radical (unpaired) electrons. The molecule has 0 fully saturated rings. The number of ether oxygens (including phenoxy) is 1. The van der Waals surface area contributed by atoms with Gasteiger partial charge in [-0.1, -0.05) is 11.8 Å². The van der Waals surface area contributed by atoms with Gasteiger partial charge in [0.05, 0.1) is 5.69 Å². The van der Waals surface area contributed by atoms with E-state index in [4.69, 9.17) is 4.74 Å². The Hall–Kier alpha value is -2.30. The Bertz CT molecular complexity index is 957. The van der Waals surface area contributed by atoms with Crippen LogP contribution in [-0.4, -0.2) is 29.2 Å². The number of aryl methyl sites for hydroxylation is 1. The maximum absolute atomic E-state index is 12.3. The fourth-order valence-electron chi connectivity index (χ4n) is 2.21. The van der Waals surface area contributed by atoms with Crippen LogP contribution in [0.2, 0.25) is 0 Å². The highest BCUT2D eigenvalue weighted by Crippen LogP contribution is 2.30. The lowest BCUT2D eigenvalue weighted by atomic mass is 10.3. The third kappa shape index (κ3) is 5.37. The van der Waals surface area contributed by atoms with Gasteiger partial charge in [-0.25, -0.2) is 9.78 Å². The van der Waals surface area contributed by atoms with Crippen LogP contribution >= 0.6 is 34.4 Å². The Morgan fingerprint density at radius 3 is 2.64 bits per heavy atom. The first-order valence-electron chi connectivity index (χ1n) is 7.94. The van der Waals surface area contributed by atoms with Crippen LogP contribution in [0.15, 0.2) is 46.0 Å². The summed E-state index contributed by atoms with van der Waals surface area (Å²) in [5, 5.41) is 7.13. The molecule has 146 valence electrons. The standard InChI is InChI=1S/C18H14F2N2O3S3/c1-10-15(28-16(21-10)11-6-7-26-9-11)17(24)25-8-14(23)22-12-2-4-13(5-3-12)27-18(19)20/h2-7,9,18H,8H2,1H3,(H,22,23). The van der Waals surface area contributed by atoms with E-state index in [2.05, 4.69) is 10.3 Å². The van der Waals surface area contributed by atoms with Crippen molar-refractivity contribution in [3.63, 3.8) is 0 Å². The average molecular weight is 441 g/mol. The first-order valence-corrected chi connectivity index (χ1v) is 10.6. The molecule has 0 aliphatic carbocycles. The molecule has 0 aliphatic heterocycles. The van der Waals surface area contributed by atoms with Gasteiger partial charge in [0.1, 0.15) is 9.88 Å². The van der Waals surface area contributed by atoms with Gasteiger partial charge in [-0.05, 0) is 42.6 Å². The Kier molecular flexibility index (Phi) is 6.76. The van der Waals surface area contributed by atoms with Gasteiger partial charge in [-0.2, -0.15) is 20.1 Å². The van der Waals surface area contributed by atoms with Crippen molar-refractivity contribution in [1.82, 2.24) is 4.98 Å². The van der Waals surface area contributed by atoms with E-state index in [-0.39, 0.29) is 0 Å². The molecule has 5 nitrogen and oxygen atoms in total. The molecule has 0 saturated carbocycles. The molecule has 10 heteroatoms. The van der Waals surface area contributed by atoms with E-state index in [1.165, 1.54) is 46.9 Å². The van der Waals surface area contributed by atoms with Crippen LogP contribution < -0.4 is 5.32 Å². The summed E-state index contributed by atoms with van der Waals surface area (Å²) in [6.45, 7) is 1.25. The monoisotopic (exact) mass is 440 g/mol. The van der Waals surface area contributed by atoms with Crippen molar-refractivity contribution in [2.45, 2.75) is 17.6 Å². The maximum atomic E-state index is 12.3. The van der Waals surface area contributed by atoms with Crippen molar-refractivity contribution in [3.8, 4) is 10.6 Å². The number of amides is 1. The Morgan fingerprint density at radius 1 is 1.25 bits per heavy atom. The molecule has 2 aromatic heterocycles. The van der Waals surface area contributed by atoms with E-state index in [0.717, 1.165) is 10.6 Å². The van der Waals surface area contributed by atoms with E-state index >= 15 is 0 Å². The molecule has 0 atom stereocenters. The number of rotatable bonds is 7. The molecular weight excluding hydrogens is 426 g/mol. The minimum absolute atomic E-state index is 0.349. The van der Waals surface area contributed by atoms with Crippen molar-refractivity contribution >= 4 is 52.0 Å². The molecule has 1 aromatic carbocycles. The lowest BCUT2D eigenvalue weighted by Crippen LogP contribution is -2.20. The molecule has 1 amide bonds. The Morgan fingerprint density at radius 2 is 2.00 bits per heavy atom. The minimum atomic E-state index is -2.50. The van der Waals surface area contributed by atoms with Gasteiger partial charge >= 0.3 is 5.97 Å². The molecule has 0 saturated heterocycles. The summed E-state index contributed by atoms with van der Waals surface area (Å²) in [5.41, 5.74) is 1.90. The molecule has 2 heterocycles. The van der Waals surface area contributed by atoms with Gasteiger partial charge in [0.15, 0.2) is 6.61 Å². The van der Waals surface area contributed by atoms with E-state index in [1.54, 1.807) is 6.92 Å². The molecule has 0 spiro atoms. The van der Waals surface area contributed by atoms with Crippen molar-refractivity contribution in [2.24, 2.45) is 0 Å². The zero-order valence-corrected chi connectivity index (χ0v) is 16.9. The van der Waals surface area contributed by atoms with Gasteiger partial charge in [0, 0.05) is 21.5 Å². The predicted octanol–water partition coefficient (Wildman–Crippen LogP) is 5.29. The molecular formula is C18H14F2N2O3S3. The summed E-state index contributed by atoms with van der Waals surface area (Å²) in [7, 11) is 0. The number of halogens is 2. The number of esters is 1. The minimum Gasteiger partial charge on any atom is -0.451 e. The van der Waals surface area contributed by atoms with E-state index in [1.807, 2.05) is 16.8 Å². The van der Waals surface area contributed by atoms with Crippen LogP contribution in [0.1, 0.15) is 15.4 Å². The highest BCUT2D eigenvalue weighted by atomic mass is 32.2. The number of thiazole rings is 1. The van der Waals surface area contributed by atoms with Gasteiger partial charge in [0.25, 0.3) is 11.7 Å². The fraction of sp³-hybridized carbons (Fsp3) is 0.167. The number of alkyl halides is 2. The normalized spacial score (nSPS) is 10.9. The van der Waals surface area contributed by atoms with Gasteiger partial charge < -0.3 is 10.1 Å². The Labute approximate surface area is 171 Å². The number of carbonyl (C=O) groups excluding carboxylic acids is 2. The number of benzene rings is 1. The predicted molar refractivity (Wildman–Crippen MR) is 107 cm³/mol. The largest absolute Gasteiger partial charge is 0.451 e. The SMILES string of the molecule is Cc1nc(-c2ccsc2)sc1C(=O)OCC(=O)Nc1ccc(SC(F)F)cc1. The van der Waals surface area contributed by atoms with Crippen LogP contribution in [-0.2, 0) is 9.53 Å². The zero-order valence-electron chi connectivity index (χ0n) is 14.5. The highest BCUT2D eigenvalue weighted by molar-refractivity contribution is 7.99. The van der Waals surface area contributed by atoms with E-state index in [9.17, 15) is 18.4 Å². The average Bonchev–Trinajstić information content (AvgIpc) is 3.30. The molecule has 0 unspecified atom stereocenters. The molecule has 0 bridgehead atoms. The number of nitrogens with zero attached hydrogens (tertiary/aromatic N) is 1. The van der Waals surface area contributed by atoms with Crippen LogP contribution in [0.4, 0.5) is 14.5 Å². The van der Waals surface area contributed by atoms with Gasteiger partial charge in [-0.3, -0.25) is 4.79 Å². The fourth-order valence-corrected chi connectivity index (χ4v) is 4.38. The zero-order chi connectivity index (χ0) is 20.1. The lowest BCUT2D eigenvalue weighted by Gasteiger charge is -2.07. The van der Waals surface area contributed by atoms with Crippen LogP contribution in [0.3, 0.4) is 0 Å². The first kappa shape index (κ1) is 20.4. The van der Waals surface area contributed by atoms with Crippen LogP contribution in [0.25, 0.3) is 10.6 Å². The second-order valence-electron chi connectivity index (χ2n) is 5.47. The first-order chi connectivity index (χ1) is 13.4. The maximum Gasteiger partial charge on any atom is 0.350 e. The third-order valence-electron chi connectivity index (χ3n) is 3.45. The summed E-state index contributed by atoms with van der Waals surface area (Å²) < 4.78 is 29.7. The second-order valence-corrected chi connectivity index (χ2v) is 8.32. The van der Waals surface area contributed by atoms with Crippen LogP contribution in [0, 0.1) is 6.92 Å². The van der Waals surface area contributed by atoms with E-state index < -0.39 is 24.2 Å². The third-order valence-corrected chi connectivity index (χ3v) is 6.04.